The molecule has 25 heavy (non-hydrogen) atoms. The second-order valence-electron chi connectivity index (χ2n) is 6.91. The van der Waals surface area contributed by atoms with Crippen molar-refractivity contribution in [3.63, 3.8) is 0 Å². The van der Waals surface area contributed by atoms with E-state index in [-0.39, 0.29) is 17.9 Å². The lowest BCUT2D eigenvalue weighted by molar-refractivity contribution is -0.130. The number of carbonyl (C=O) groups excluding carboxylic acids is 2. The molecule has 0 unspecified atom stereocenters. The molecule has 1 aromatic rings. The van der Waals surface area contributed by atoms with Crippen LogP contribution >= 0.6 is 11.6 Å². The van der Waals surface area contributed by atoms with Gasteiger partial charge in [0.25, 0.3) is 0 Å². The summed E-state index contributed by atoms with van der Waals surface area (Å²) in [4.78, 5) is 28.1. The van der Waals surface area contributed by atoms with E-state index in [2.05, 4.69) is 0 Å². The molecule has 0 aromatic heterocycles. The van der Waals surface area contributed by atoms with Crippen LogP contribution in [-0.2, 0) is 16.1 Å². The molecule has 0 spiro atoms. The van der Waals surface area contributed by atoms with E-state index in [1.165, 1.54) is 0 Å². The number of hydrogen-bond donors (Lipinski definition) is 0. The quantitative estimate of drug-likeness (QED) is 0.728. The summed E-state index contributed by atoms with van der Waals surface area (Å²) >= 11 is 5.67. The topological polar surface area (TPSA) is 49.9 Å². The van der Waals surface area contributed by atoms with Gasteiger partial charge in [-0.3, -0.25) is 4.79 Å². The molecule has 5 nitrogen and oxygen atoms in total. The predicted molar refractivity (Wildman–Crippen MR) is 96.4 cm³/mol. The number of ether oxygens (including phenoxy) is 1. The third kappa shape index (κ3) is 5.11. The van der Waals surface area contributed by atoms with Gasteiger partial charge < -0.3 is 14.5 Å². The summed E-state index contributed by atoms with van der Waals surface area (Å²) in [5.74, 6) is 0.305. The lowest BCUT2D eigenvalue weighted by atomic mass is 9.97. The van der Waals surface area contributed by atoms with Crippen LogP contribution in [0.4, 0.5) is 4.79 Å². The van der Waals surface area contributed by atoms with Gasteiger partial charge >= 0.3 is 6.09 Å². The van der Waals surface area contributed by atoms with E-state index in [9.17, 15) is 9.59 Å². The Morgan fingerprint density at radius 1 is 1.20 bits per heavy atom. The molecule has 0 radical (unpaired) electrons. The smallest absolute Gasteiger partial charge is 0.410 e. The van der Waals surface area contributed by atoms with Gasteiger partial charge in [0.2, 0.25) is 5.91 Å². The molecule has 1 aliphatic carbocycles. The van der Waals surface area contributed by atoms with Gasteiger partial charge in [0.1, 0.15) is 12.5 Å². The minimum Gasteiger partial charge on any atom is -0.445 e. The van der Waals surface area contributed by atoms with Crippen molar-refractivity contribution in [2.75, 3.05) is 25.5 Å². The van der Waals surface area contributed by atoms with E-state index in [0.717, 1.165) is 37.8 Å². The molecule has 1 heterocycles. The van der Waals surface area contributed by atoms with Crippen molar-refractivity contribution in [3.05, 3.63) is 35.9 Å². The fourth-order valence-electron chi connectivity index (χ4n) is 3.36. The first-order valence-electron chi connectivity index (χ1n) is 8.98. The van der Waals surface area contributed by atoms with Crippen LogP contribution < -0.4 is 0 Å². The van der Waals surface area contributed by atoms with Gasteiger partial charge in [-0.25, -0.2) is 4.79 Å². The Bertz CT molecular complexity index is 592. The molecular weight excluding hydrogens is 340 g/mol. The van der Waals surface area contributed by atoms with Gasteiger partial charge in [-0.15, -0.1) is 11.6 Å². The lowest BCUT2D eigenvalue weighted by Gasteiger charge is -2.35. The predicted octanol–water partition coefficient (Wildman–Crippen LogP) is 3.27. The Balaban J connectivity index is 1.54. The summed E-state index contributed by atoms with van der Waals surface area (Å²) in [6.45, 7) is 2.40. The number of hydrogen-bond acceptors (Lipinski definition) is 3. The average molecular weight is 365 g/mol. The SMILES string of the molecule is O=C(CCl)N1CCC[C@H](CN(C(=O)OCc2ccccc2)C2CC2)C1. The highest BCUT2D eigenvalue weighted by Crippen LogP contribution is 2.30. The largest absolute Gasteiger partial charge is 0.445 e. The van der Waals surface area contributed by atoms with Crippen molar-refractivity contribution >= 4 is 23.6 Å². The summed E-state index contributed by atoms with van der Waals surface area (Å²) in [6.07, 6.45) is 3.83. The van der Waals surface area contributed by atoms with E-state index in [0.29, 0.717) is 31.7 Å². The Morgan fingerprint density at radius 3 is 2.64 bits per heavy atom. The lowest BCUT2D eigenvalue weighted by Crippen LogP contribution is -2.46. The fourth-order valence-corrected chi connectivity index (χ4v) is 3.53. The highest BCUT2D eigenvalue weighted by atomic mass is 35.5. The van der Waals surface area contributed by atoms with E-state index >= 15 is 0 Å². The maximum absolute atomic E-state index is 12.5. The Morgan fingerprint density at radius 2 is 1.96 bits per heavy atom. The summed E-state index contributed by atoms with van der Waals surface area (Å²) in [5.41, 5.74) is 0.989. The molecule has 1 saturated carbocycles. The van der Waals surface area contributed by atoms with E-state index in [1.807, 2.05) is 40.1 Å². The molecule has 2 aliphatic rings. The van der Waals surface area contributed by atoms with Gasteiger partial charge in [-0.2, -0.15) is 0 Å². The number of halogens is 1. The zero-order valence-corrected chi connectivity index (χ0v) is 15.2. The van der Waals surface area contributed by atoms with Crippen molar-refractivity contribution in [1.82, 2.24) is 9.80 Å². The first-order valence-corrected chi connectivity index (χ1v) is 9.52. The second-order valence-corrected chi connectivity index (χ2v) is 7.17. The Labute approximate surface area is 153 Å². The highest BCUT2D eigenvalue weighted by molar-refractivity contribution is 6.27. The van der Waals surface area contributed by atoms with E-state index in [4.69, 9.17) is 16.3 Å². The molecule has 2 amide bonds. The number of piperidine rings is 1. The molecule has 1 aliphatic heterocycles. The zero-order chi connectivity index (χ0) is 17.6. The third-order valence-corrected chi connectivity index (χ3v) is 5.10. The normalized spacial score (nSPS) is 20.2. The molecule has 1 saturated heterocycles. The van der Waals surface area contributed by atoms with Gasteiger partial charge in [0, 0.05) is 25.7 Å². The van der Waals surface area contributed by atoms with Crippen LogP contribution in [0.15, 0.2) is 30.3 Å². The molecule has 0 bridgehead atoms. The van der Waals surface area contributed by atoms with Gasteiger partial charge in [0.05, 0.1) is 0 Å². The summed E-state index contributed by atoms with van der Waals surface area (Å²) in [6, 6.07) is 10.0. The van der Waals surface area contributed by atoms with Gasteiger partial charge in [-0.05, 0) is 37.2 Å². The standard InChI is InChI=1S/C19H25ClN2O3/c20-11-18(23)21-10-4-7-16(12-21)13-22(17-8-9-17)19(24)25-14-15-5-2-1-3-6-15/h1-3,5-6,16-17H,4,7-14H2/t16-/m0/s1. The summed E-state index contributed by atoms with van der Waals surface area (Å²) in [7, 11) is 0. The first kappa shape index (κ1) is 18.1. The second kappa shape index (κ2) is 8.56. The van der Waals surface area contributed by atoms with Crippen molar-refractivity contribution < 1.29 is 14.3 Å². The minimum atomic E-state index is -0.243. The van der Waals surface area contributed by atoms with Crippen molar-refractivity contribution in [2.45, 2.75) is 38.3 Å². The molecular formula is C19H25ClN2O3. The van der Waals surface area contributed by atoms with E-state index in [1.54, 1.807) is 0 Å². The van der Waals surface area contributed by atoms with Crippen LogP contribution in [0.2, 0.25) is 0 Å². The Hall–Kier alpha value is -1.75. The minimum absolute atomic E-state index is 0.0176. The first-order chi connectivity index (χ1) is 12.2. The molecule has 136 valence electrons. The monoisotopic (exact) mass is 364 g/mol. The van der Waals surface area contributed by atoms with Crippen LogP contribution in [-0.4, -0.2) is 53.4 Å². The molecule has 1 atom stereocenters. The Kier molecular flexibility index (Phi) is 6.19. The summed E-state index contributed by atoms with van der Waals surface area (Å²) < 4.78 is 5.51. The molecule has 1 aromatic carbocycles. The summed E-state index contributed by atoms with van der Waals surface area (Å²) in [5, 5.41) is 0. The zero-order valence-electron chi connectivity index (χ0n) is 14.4. The molecule has 0 N–H and O–H groups in total. The number of carbonyl (C=O) groups is 2. The third-order valence-electron chi connectivity index (χ3n) is 4.87. The number of rotatable bonds is 6. The van der Waals surface area contributed by atoms with Crippen LogP contribution in [0.3, 0.4) is 0 Å². The molecule has 2 fully saturated rings. The number of benzene rings is 1. The van der Waals surface area contributed by atoms with Crippen molar-refractivity contribution in [1.29, 1.82) is 0 Å². The average Bonchev–Trinajstić information content (AvgIpc) is 3.49. The maximum atomic E-state index is 12.5. The van der Waals surface area contributed by atoms with Crippen molar-refractivity contribution in [2.24, 2.45) is 5.92 Å². The maximum Gasteiger partial charge on any atom is 0.410 e. The highest BCUT2D eigenvalue weighted by Gasteiger charge is 2.36. The van der Waals surface area contributed by atoms with Gasteiger partial charge in [0.15, 0.2) is 0 Å². The van der Waals surface area contributed by atoms with Gasteiger partial charge in [-0.1, -0.05) is 30.3 Å². The fraction of sp³-hybridized carbons (Fsp3) is 0.579. The van der Waals surface area contributed by atoms with Crippen LogP contribution in [0, 0.1) is 5.92 Å². The van der Waals surface area contributed by atoms with Crippen molar-refractivity contribution in [3.8, 4) is 0 Å². The van der Waals surface area contributed by atoms with Crippen LogP contribution in [0.25, 0.3) is 0 Å². The molecule has 6 heteroatoms. The number of likely N-dealkylation sites (tertiary alicyclic amines) is 1. The van der Waals surface area contributed by atoms with Crippen LogP contribution in [0.1, 0.15) is 31.2 Å². The number of amides is 2. The number of nitrogens with zero attached hydrogens (tertiary/aromatic N) is 2. The van der Waals surface area contributed by atoms with Crippen LogP contribution in [0.5, 0.6) is 0 Å². The molecule has 3 rings (SSSR count). The number of alkyl halides is 1. The van der Waals surface area contributed by atoms with E-state index < -0.39 is 0 Å².